The van der Waals surface area contributed by atoms with Gasteiger partial charge in [0.25, 0.3) is 0 Å². The lowest BCUT2D eigenvalue weighted by atomic mass is 10.1. The number of amides is 1. The van der Waals surface area contributed by atoms with Gasteiger partial charge in [0, 0.05) is 18.3 Å². The van der Waals surface area contributed by atoms with E-state index in [0.29, 0.717) is 18.9 Å². The van der Waals surface area contributed by atoms with Crippen LogP contribution in [0, 0.1) is 0 Å². The van der Waals surface area contributed by atoms with Gasteiger partial charge in [0.1, 0.15) is 12.4 Å². The van der Waals surface area contributed by atoms with Gasteiger partial charge in [-0.25, -0.2) is 4.79 Å². The second-order valence-electron chi connectivity index (χ2n) is 6.95. The van der Waals surface area contributed by atoms with E-state index in [0.717, 1.165) is 31.8 Å². The molecule has 0 spiro atoms. The summed E-state index contributed by atoms with van der Waals surface area (Å²) in [4.78, 5) is 14.3. The Bertz CT molecular complexity index is 522. The molecule has 0 atom stereocenters. The molecule has 5 nitrogen and oxygen atoms in total. The van der Waals surface area contributed by atoms with E-state index in [2.05, 4.69) is 17.1 Å². The number of rotatable bonds is 11. The summed E-state index contributed by atoms with van der Waals surface area (Å²) < 4.78 is 11.1. The zero-order valence-electron chi connectivity index (χ0n) is 16.6. The molecule has 1 N–H and O–H groups in total. The standard InChI is InChI=1S/C21H34N2O3.ClH/c1-2-3-4-5-9-16-25-20-12-10-11-19(18-20)22-21(24)26-17-15-23-13-7-6-8-14-23;/h10-12,18H,2-9,13-17H2,1H3,(H,22,24);1H. The van der Waals surface area contributed by atoms with Crippen molar-refractivity contribution in [2.45, 2.75) is 58.3 Å². The first-order valence-corrected chi connectivity index (χ1v) is 10.2. The topological polar surface area (TPSA) is 50.8 Å². The summed E-state index contributed by atoms with van der Waals surface area (Å²) in [5, 5.41) is 2.78. The zero-order valence-corrected chi connectivity index (χ0v) is 17.4. The van der Waals surface area contributed by atoms with Crippen LogP contribution in [-0.2, 0) is 4.74 Å². The van der Waals surface area contributed by atoms with Gasteiger partial charge in [-0.05, 0) is 44.5 Å². The second kappa shape index (κ2) is 14.6. The van der Waals surface area contributed by atoms with Crippen molar-refractivity contribution in [2.24, 2.45) is 0 Å². The molecular formula is C21H35ClN2O3. The predicted molar refractivity (Wildman–Crippen MR) is 113 cm³/mol. The van der Waals surface area contributed by atoms with E-state index in [-0.39, 0.29) is 12.4 Å². The van der Waals surface area contributed by atoms with Gasteiger partial charge in [0.15, 0.2) is 0 Å². The Morgan fingerprint density at radius 3 is 2.63 bits per heavy atom. The fourth-order valence-electron chi connectivity index (χ4n) is 3.16. The summed E-state index contributed by atoms with van der Waals surface area (Å²) in [7, 11) is 0. The molecule has 6 heteroatoms. The number of likely N-dealkylation sites (tertiary alicyclic amines) is 1. The highest BCUT2D eigenvalue weighted by molar-refractivity contribution is 5.85. The first-order valence-electron chi connectivity index (χ1n) is 10.2. The molecule has 0 saturated carbocycles. The van der Waals surface area contributed by atoms with Crippen LogP contribution in [0.25, 0.3) is 0 Å². The third-order valence-corrected chi connectivity index (χ3v) is 4.69. The van der Waals surface area contributed by atoms with E-state index in [1.54, 1.807) is 0 Å². The Kier molecular flexibility index (Phi) is 12.7. The Labute approximate surface area is 170 Å². The lowest BCUT2D eigenvalue weighted by molar-refractivity contribution is 0.131. The summed E-state index contributed by atoms with van der Waals surface area (Å²) in [6.45, 7) is 6.40. The van der Waals surface area contributed by atoms with Crippen LogP contribution in [0.3, 0.4) is 0 Å². The van der Waals surface area contributed by atoms with Gasteiger partial charge in [-0.2, -0.15) is 0 Å². The SMILES string of the molecule is CCCCCCCOc1cccc(NC(=O)OCCN2CCCCC2)c1.Cl. The molecule has 0 unspecified atom stereocenters. The Morgan fingerprint density at radius 1 is 1.07 bits per heavy atom. The maximum absolute atomic E-state index is 11.9. The minimum absolute atomic E-state index is 0. The molecule has 1 amide bonds. The molecular weight excluding hydrogens is 364 g/mol. The predicted octanol–water partition coefficient (Wildman–Crippen LogP) is 5.49. The van der Waals surface area contributed by atoms with Crippen LogP contribution in [0.5, 0.6) is 5.75 Å². The molecule has 154 valence electrons. The van der Waals surface area contributed by atoms with Crippen LogP contribution in [0.1, 0.15) is 58.3 Å². The number of nitrogens with one attached hydrogen (secondary N) is 1. The van der Waals surface area contributed by atoms with Crippen molar-refractivity contribution < 1.29 is 14.3 Å². The third-order valence-electron chi connectivity index (χ3n) is 4.69. The monoisotopic (exact) mass is 398 g/mol. The molecule has 0 radical (unpaired) electrons. The van der Waals surface area contributed by atoms with Gasteiger partial charge in [0.05, 0.1) is 6.61 Å². The van der Waals surface area contributed by atoms with Gasteiger partial charge in [-0.3, -0.25) is 10.2 Å². The van der Waals surface area contributed by atoms with E-state index < -0.39 is 6.09 Å². The number of benzene rings is 1. The summed E-state index contributed by atoms with van der Waals surface area (Å²) in [5.41, 5.74) is 0.705. The smallest absolute Gasteiger partial charge is 0.411 e. The van der Waals surface area contributed by atoms with Crippen molar-refractivity contribution in [3.05, 3.63) is 24.3 Å². The van der Waals surface area contributed by atoms with Gasteiger partial charge >= 0.3 is 6.09 Å². The van der Waals surface area contributed by atoms with Gasteiger partial charge < -0.3 is 9.47 Å². The highest BCUT2D eigenvalue weighted by Gasteiger charge is 2.11. The van der Waals surface area contributed by atoms with Crippen LogP contribution >= 0.6 is 12.4 Å². The van der Waals surface area contributed by atoms with Crippen LogP contribution in [0.4, 0.5) is 10.5 Å². The average molecular weight is 399 g/mol. The molecule has 1 saturated heterocycles. The molecule has 1 fully saturated rings. The number of nitrogens with zero attached hydrogens (tertiary/aromatic N) is 1. The van der Waals surface area contributed by atoms with Crippen molar-refractivity contribution in [1.29, 1.82) is 0 Å². The van der Waals surface area contributed by atoms with Gasteiger partial charge in [-0.15, -0.1) is 12.4 Å². The molecule has 1 aromatic rings. The minimum atomic E-state index is -0.404. The first kappa shape index (κ1) is 23.6. The van der Waals surface area contributed by atoms with E-state index in [1.165, 1.54) is 44.9 Å². The number of carbonyl (C=O) groups is 1. The first-order chi connectivity index (χ1) is 12.8. The van der Waals surface area contributed by atoms with Crippen LogP contribution in [0.15, 0.2) is 24.3 Å². The average Bonchev–Trinajstić information content (AvgIpc) is 2.66. The summed E-state index contributed by atoms with van der Waals surface area (Å²) >= 11 is 0. The van der Waals surface area contributed by atoms with Crippen molar-refractivity contribution in [1.82, 2.24) is 4.90 Å². The lowest BCUT2D eigenvalue weighted by Crippen LogP contribution is -2.33. The van der Waals surface area contributed by atoms with Crippen molar-refractivity contribution in [2.75, 3.05) is 38.2 Å². The quantitative estimate of drug-likeness (QED) is 0.500. The minimum Gasteiger partial charge on any atom is -0.494 e. The molecule has 0 aromatic heterocycles. The van der Waals surface area contributed by atoms with E-state index in [9.17, 15) is 4.79 Å². The van der Waals surface area contributed by atoms with Crippen molar-refractivity contribution >= 4 is 24.2 Å². The van der Waals surface area contributed by atoms with Crippen LogP contribution in [0.2, 0.25) is 0 Å². The maximum Gasteiger partial charge on any atom is 0.411 e. The number of anilines is 1. The molecule has 27 heavy (non-hydrogen) atoms. The van der Waals surface area contributed by atoms with Crippen LogP contribution in [-0.4, -0.2) is 43.8 Å². The zero-order chi connectivity index (χ0) is 18.5. The molecule has 2 rings (SSSR count). The van der Waals surface area contributed by atoms with E-state index in [1.807, 2.05) is 24.3 Å². The van der Waals surface area contributed by atoms with Gasteiger partial charge in [-0.1, -0.05) is 45.1 Å². The number of unbranched alkanes of at least 4 members (excludes halogenated alkanes) is 4. The lowest BCUT2D eigenvalue weighted by Gasteiger charge is -2.25. The number of carbonyl (C=O) groups excluding carboxylic acids is 1. The number of piperidine rings is 1. The number of hydrogen-bond donors (Lipinski definition) is 1. The molecule has 1 aliphatic heterocycles. The Hall–Kier alpha value is -1.46. The molecule has 1 aliphatic rings. The molecule has 1 heterocycles. The van der Waals surface area contributed by atoms with Crippen LogP contribution < -0.4 is 10.1 Å². The second-order valence-corrected chi connectivity index (χ2v) is 6.95. The normalized spacial score (nSPS) is 14.3. The third kappa shape index (κ3) is 10.5. The van der Waals surface area contributed by atoms with E-state index in [4.69, 9.17) is 9.47 Å². The number of ether oxygens (including phenoxy) is 2. The molecule has 1 aromatic carbocycles. The van der Waals surface area contributed by atoms with E-state index >= 15 is 0 Å². The summed E-state index contributed by atoms with van der Waals surface area (Å²) in [5.74, 6) is 0.784. The highest BCUT2D eigenvalue weighted by atomic mass is 35.5. The fraction of sp³-hybridized carbons (Fsp3) is 0.667. The summed E-state index contributed by atoms with van der Waals surface area (Å²) in [6.07, 6.45) is 9.49. The maximum atomic E-state index is 11.9. The van der Waals surface area contributed by atoms with Crippen molar-refractivity contribution in [3.63, 3.8) is 0 Å². The highest BCUT2D eigenvalue weighted by Crippen LogP contribution is 2.18. The number of halogens is 1. The Morgan fingerprint density at radius 2 is 1.85 bits per heavy atom. The largest absolute Gasteiger partial charge is 0.494 e. The fourth-order valence-corrected chi connectivity index (χ4v) is 3.16. The summed E-state index contributed by atoms with van der Waals surface area (Å²) in [6, 6.07) is 7.49. The molecule has 0 bridgehead atoms. The number of hydrogen-bond acceptors (Lipinski definition) is 4. The molecule has 0 aliphatic carbocycles. The van der Waals surface area contributed by atoms with Gasteiger partial charge in [0.2, 0.25) is 0 Å². The Balaban J connectivity index is 0.00000364. The van der Waals surface area contributed by atoms with Crippen molar-refractivity contribution in [3.8, 4) is 5.75 Å².